The lowest BCUT2D eigenvalue weighted by Crippen LogP contribution is -2.13. The minimum absolute atomic E-state index is 0.0933. The molecule has 4 aromatic rings. The van der Waals surface area contributed by atoms with Crippen LogP contribution in [-0.4, -0.2) is 44.0 Å². The summed E-state index contributed by atoms with van der Waals surface area (Å²) in [4.78, 5) is 12.7. The highest BCUT2D eigenvalue weighted by atomic mass is 16.5. The van der Waals surface area contributed by atoms with E-state index in [4.69, 9.17) is 27.8 Å². The van der Waals surface area contributed by atoms with E-state index in [1.165, 1.54) is 33.5 Å². The van der Waals surface area contributed by atoms with Crippen molar-refractivity contribution in [2.75, 3.05) is 33.3 Å². The highest BCUT2D eigenvalue weighted by Gasteiger charge is 2.20. The summed E-state index contributed by atoms with van der Waals surface area (Å²) in [5.74, 6) is 1.65. The fourth-order valence-electron chi connectivity index (χ4n) is 3.17. The minimum atomic E-state index is -0.498. The van der Waals surface area contributed by atoms with E-state index in [-0.39, 0.29) is 17.5 Å². The number of fused-ring (bicyclic) bond motifs is 1. The predicted octanol–water partition coefficient (Wildman–Crippen LogP) is 4.16. The van der Waals surface area contributed by atoms with Gasteiger partial charge in [-0.1, -0.05) is 17.2 Å². The Morgan fingerprint density at radius 3 is 2.38 bits per heavy atom. The maximum atomic E-state index is 12.7. The number of carbonyl (C=O) groups excluding carboxylic acids is 1. The molecule has 0 atom stereocenters. The van der Waals surface area contributed by atoms with Gasteiger partial charge in [-0.25, -0.2) is 0 Å². The maximum absolute atomic E-state index is 12.7. The molecular formula is C22H21N3O7. The lowest BCUT2D eigenvalue weighted by molar-refractivity contribution is 0.102. The Labute approximate surface area is 183 Å². The summed E-state index contributed by atoms with van der Waals surface area (Å²) < 4.78 is 32.8. The molecule has 166 valence electrons. The van der Waals surface area contributed by atoms with Crippen LogP contribution in [0.3, 0.4) is 0 Å². The molecule has 2 aromatic carbocycles. The standard InChI is InChI=1S/C22H21N3O7/c1-5-30-14-8-6-7-12-9-17(31-18(12)14)21-24-25-22(32-21)23-20(26)13-10-15(27-2)19(29-4)16(11-13)28-3/h6-11H,5H2,1-4H3,(H,23,25,26). The van der Waals surface area contributed by atoms with Crippen molar-refractivity contribution in [3.8, 4) is 34.6 Å². The van der Waals surface area contributed by atoms with Crippen LogP contribution in [0.4, 0.5) is 6.01 Å². The zero-order chi connectivity index (χ0) is 22.7. The van der Waals surface area contributed by atoms with Gasteiger partial charge in [0, 0.05) is 10.9 Å². The molecule has 1 N–H and O–H groups in total. The Balaban J connectivity index is 1.58. The number of ether oxygens (including phenoxy) is 4. The van der Waals surface area contributed by atoms with Gasteiger partial charge in [0.15, 0.2) is 28.6 Å². The highest BCUT2D eigenvalue weighted by Crippen LogP contribution is 2.38. The minimum Gasteiger partial charge on any atom is -0.493 e. The van der Waals surface area contributed by atoms with E-state index in [9.17, 15) is 4.79 Å². The number of aromatic nitrogens is 2. The third-order valence-electron chi connectivity index (χ3n) is 4.59. The van der Waals surface area contributed by atoms with Gasteiger partial charge in [-0.05, 0) is 31.2 Å². The van der Waals surface area contributed by atoms with E-state index in [0.29, 0.717) is 40.9 Å². The molecule has 10 heteroatoms. The number of nitrogens with one attached hydrogen (secondary N) is 1. The number of amides is 1. The molecule has 2 heterocycles. The van der Waals surface area contributed by atoms with E-state index >= 15 is 0 Å². The molecule has 2 aromatic heterocycles. The number of carbonyl (C=O) groups is 1. The van der Waals surface area contributed by atoms with Crippen LogP contribution in [0.1, 0.15) is 17.3 Å². The van der Waals surface area contributed by atoms with Crippen molar-refractivity contribution in [3.05, 3.63) is 42.0 Å². The monoisotopic (exact) mass is 439 g/mol. The first kappa shape index (κ1) is 21.0. The lowest BCUT2D eigenvalue weighted by Gasteiger charge is -2.13. The van der Waals surface area contributed by atoms with Crippen LogP contribution in [-0.2, 0) is 0 Å². The Morgan fingerprint density at radius 2 is 1.72 bits per heavy atom. The maximum Gasteiger partial charge on any atom is 0.322 e. The Bertz CT molecular complexity index is 1240. The number of benzene rings is 2. The first-order chi connectivity index (χ1) is 15.6. The Hall–Kier alpha value is -4.21. The predicted molar refractivity (Wildman–Crippen MR) is 115 cm³/mol. The Kier molecular flexibility index (Phi) is 5.84. The van der Waals surface area contributed by atoms with Gasteiger partial charge < -0.3 is 27.8 Å². The molecule has 0 aliphatic heterocycles. The van der Waals surface area contributed by atoms with E-state index in [1.807, 2.05) is 25.1 Å². The molecular weight excluding hydrogens is 418 g/mol. The smallest absolute Gasteiger partial charge is 0.322 e. The zero-order valence-corrected chi connectivity index (χ0v) is 17.9. The molecule has 4 rings (SSSR count). The molecule has 0 fully saturated rings. The number of rotatable bonds is 8. The van der Waals surface area contributed by atoms with E-state index in [1.54, 1.807) is 6.07 Å². The number of furan rings is 1. The van der Waals surface area contributed by atoms with Crippen molar-refractivity contribution >= 4 is 22.9 Å². The zero-order valence-electron chi connectivity index (χ0n) is 17.9. The van der Waals surface area contributed by atoms with Crippen molar-refractivity contribution in [2.24, 2.45) is 0 Å². The van der Waals surface area contributed by atoms with Crippen molar-refractivity contribution in [1.29, 1.82) is 0 Å². The quantitative estimate of drug-likeness (QED) is 0.432. The first-order valence-corrected chi connectivity index (χ1v) is 9.68. The SMILES string of the molecule is CCOc1cccc2cc(-c3nnc(NC(=O)c4cc(OC)c(OC)c(OC)c4)o3)oc12. The number of methoxy groups -OCH3 is 3. The summed E-state index contributed by atoms with van der Waals surface area (Å²) in [6.45, 7) is 2.40. The summed E-state index contributed by atoms with van der Waals surface area (Å²) in [6, 6.07) is 10.3. The first-order valence-electron chi connectivity index (χ1n) is 9.68. The summed E-state index contributed by atoms with van der Waals surface area (Å²) in [6.07, 6.45) is 0. The van der Waals surface area contributed by atoms with Gasteiger partial charge in [0.2, 0.25) is 5.75 Å². The second-order valence-corrected chi connectivity index (χ2v) is 6.50. The average Bonchev–Trinajstić information content (AvgIpc) is 3.45. The van der Waals surface area contributed by atoms with Crippen LogP contribution in [0.15, 0.2) is 45.2 Å². The van der Waals surface area contributed by atoms with Gasteiger partial charge in [0.1, 0.15) is 0 Å². The molecule has 0 aliphatic rings. The number of hydrogen-bond donors (Lipinski definition) is 1. The fraction of sp³-hybridized carbons (Fsp3) is 0.227. The second kappa shape index (κ2) is 8.88. The van der Waals surface area contributed by atoms with Crippen LogP contribution in [0.5, 0.6) is 23.0 Å². The fourth-order valence-corrected chi connectivity index (χ4v) is 3.17. The normalized spacial score (nSPS) is 10.8. The summed E-state index contributed by atoms with van der Waals surface area (Å²) >= 11 is 0. The van der Waals surface area contributed by atoms with E-state index in [2.05, 4.69) is 15.5 Å². The number of hydrogen-bond acceptors (Lipinski definition) is 9. The third-order valence-corrected chi connectivity index (χ3v) is 4.59. The lowest BCUT2D eigenvalue weighted by atomic mass is 10.1. The van der Waals surface area contributed by atoms with Crippen LogP contribution >= 0.6 is 0 Å². The summed E-state index contributed by atoms with van der Waals surface area (Å²) in [5, 5.41) is 11.2. The number of para-hydroxylation sites is 1. The number of nitrogens with zero attached hydrogens (tertiary/aromatic N) is 2. The summed E-state index contributed by atoms with van der Waals surface area (Å²) in [7, 11) is 4.41. The third kappa shape index (κ3) is 3.89. The molecule has 0 radical (unpaired) electrons. The number of anilines is 1. The molecule has 32 heavy (non-hydrogen) atoms. The summed E-state index contributed by atoms with van der Waals surface area (Å²) in [5.41, 5.74) is 0.829. The molecule has 0 bridgehead atoms. The van der Waals surface area contributed by atoms with Gasteiger partial charge >= 0.3 is 6.01 Å². The van der Waals surface area contributed by atoms with E-state index in [0.717, 1.165) is 5.39 Å². The van der Waals surface area contributed by atoms with Crippen LogP contribution in [0.25, 0.3) is 22.6 Å². The molecule has 0 spiro atoms. The molecule has 1 amide bonds. The molecule has 10 nitrogen and oxygen atoms in total. The average molecular weight is 439 g/mol. The highest BCUT2D eigenvalue weighted by molar-refractivity contribution is 6.04. The molecule has 0 saturated carbocycles. The van der Waals surface area contributed by atoms with Crippen LogP contribution in [0, 0.1) is 0 Å². The van der Waals surface area contributed by atoms with Gasteiger partial charge in [0.05, 0.1) is 27.9 Å². The van der Waals surface area contributed by atoms with E-state index < -0.39 is 5.91 Å². The van der Waals surface area contributed by atoms with Crippen molar-refractivity contribution in [3.63, 3.8) is 0 Å². The van der Waals surface area contributed by atoms with Crippen molar-refractivity contribution < 1.29 is 32.6 Å². The van der Waals surface area contributed by atoms with Crippen LogP contribution < -0.4 is 24.3 Å². The van der Waals surface area contributed by atoms with Gasteiger partial charge in [-0.3, -0.25) is 10.1 Å². The second-order valence-electron chi connectivity index (χ2n) is 6.50. The van der Waals surface area contributed by atoms with Crippen molar-refractivity contribution in [1.82, 2.24) is 10.2 Å². The topological polar surface area (TPSA) is 118 Å². The van der Waals surface area contributed by atoms with Gasteiger partial charge in [-0.2, -0.15) is 0 Å². The van der Waals surface area contributed by atoms with Crippen molar-refractivity contribution in [2.45, 2.75) is 6.92 Å². The van der Waals surface area contributed by atoms with Gasteiger partial charge in [0.25, 0.3) is 11.8 Å². The Morgan fingerprint density at radius 1 is 0.969 bits per heavy atom. The molecule has 0 aliphatic carbocycles. The van der Waals surface area contributed by atoms with Gasteiger partial charge in [-0.15, -0.1) is 5.10 Å². The largest absolute Gasteiger partial charge is 0.493 e. The van der Waals surface area contributed by atoms with Crippen LogP contribution in [0.2, 0.25) is 0 Å². The molecule has 0 unspecified atom stereocenters. The molecule has 0 saturated heterocycles.